The molecule has 7 nitrogen and oxygen atoms in total. The first-order valence-corrected chi connectivity index (χ1v) is 6.98. The average molecular weight is 300 g/mol. The van der Waals surface area contributed by atoms with Crippen molar-refractivity contribution in [2.24, 2.45) is 0 Å². The molecule has 0 aliphatic rings. The lowest BCUT2D eigenvalue weighted by Gasteiger charge is -2.14. The number of aromatic nitrogens is 2. The minimum Gasteiger partial charge on any atom is -0.467 e. The average Bonchev–Trinajstić information content (AvgIpc) is 3.16. The highest BCUT2D eigenvalue weighted by molar-refractivity contribution is 5.73. The predicted octanol–water partition coefficient (Wildman–Crippen LogP) is 1.10. The highest BCUT2D eigenvalue weighted by Crippen LogP contribution is 2.15. The van der Waals surface area contributed by atoms with Gasteiger partial charge in [0.1, 0.15) is 17.1 Å². The van der Waals surface area contributed by atoms with Gasteiger partial charge in [-0.2, -0.15) is 5.10 Å². The Morgan fingerprint density at radius 3 is 2.59 bits per heavy atom. The van der Waals surface area contributed by atoms with E-state index in [0.29, 0.717) is 36.8 Å². The Hall–Kier alpha value is -2.83. The maximum atomic E-state index is 11.6. The largest absolute Gasteiger partial charge is 0.467 e. The summed E-state index contributed by atoms with van der Waals surface area (Å²) in [5.41, 5.74) is 0.607. The van der Waals surface area contributed by atoms with Gasteiger partial charge in [-0.15, -0.1) is 0 Å². The Morgan fingerprint density at radius 2 is 1.95 bits per heavy atom. The molecule has 0 amide bonds. The van der Waals surface area contributed by atoms with E-state index in [1.54, 1.807) is 23.1 Å². The van der Waals surface area contributed by atoms with Gasteiger partial charge >= 0.3 is 0 Å². The standard InChI is InChI=1S/C15H16N4O3/c1-10-4-6-19(18-10)7-5-16-12-13(15(21)14(12)20)17-9-11-3-2-8-22-11/h2-4,6,8,16-17H,5,7,9H2,1H3. The van der Waals surface area contributed by atoms with Gasteiger partial charge in [0.2, 0.25) is 0 Å². The van der Waals surface area contributed by atoms with Crippen LogP contribution in [0.25, 0.3) is 0 Å². The van der Waals surface area contributed by atoms with Crippen LogP contribution in [-0.2, 0) is 13.1 Å². The zero-order valence-electron chi connectivity index (χ0n) is 12.1. The van der Waals surface area contributed by atoms with Crippen molar-refractivity contribution in [3.8, 4) is 0 Å². The number of nitrogens with zero attached hydrogens (tertiary/aromatic N) is 2. The normalized spacial score (nSPS) is 11.0. The number of hydrogen-bond acceptors (Lipinski definition) is 6. The molecule has 0 unspecified atom stereocenters. The molecule has 0 spiro atoms. The van der Waals surface area contributed by atoms with E-state index in [0.717, 1.165) is 5.69 Å². The summed E-state index contributed by atoms with van der Waals surface area (Å²) in [5, 5.41) is 10.2. The van der Waals surface area contributed by atoms with Crippen LogP contribution in [0.5, 0.6) is 0 Å². The third-order valence-corrected chi connectivity index (χ3v) is 3.35. The molecule has 0 saturated heterocycles. The lowest BCUT2D eigenvalue weighted by molar-refractivity contribution is 0.518. The molecule has 0 radical (unpaired) electrons. The Balaban J connectivity index is 1.58. The molecule has 3 rings (SSSR count). The van der Waals surface area contributed by atoms with Crippen LogP contribution in [-0.4, -0.2) is 16.3 Å². The van der Waals surface area contributed by atoms with E-state index in [1.807, 2.05) is 19.2 Å². The minimum atomic E-state index is -0.496. The van der Waals surface area contributed by atoms with Crippen molar-refractivity contribution in [1.29, 1.82) is 0 Å². The number of rotatable bonds is 7. The fourth-order valence-electron chi connectivity index (χ4n) is 2.20. The van der Waals surface area contributed by atoms with Crippen molar-refractivity contribution >= 4 is 11.4 Å². The second kappa shape index (κ2) is 5.88. The van der Waals surface area contributed by atoms with Crippen molar-refractivity contribution in [3.05, 3.63) is 62.6 Å². The van der Waals surface area contributed by atoms with Crippen molar-refractivity contribution in [2.75, 3.05) is 17.2 Å². The molecular formula is C15H16N4O3. The van der Waals surface area contributed by atoms with E-state index in [-0.39, 0.29) is 0 Å². The third kappa shape index (κ3) is 2.78. The van der Waals surface area contributed by atoms with Gasteiger partial charge in [0.25, 0.3) is 10.9 Å². The van der Waals surface area contributed by atoms with E-state index in [4.69, 9.17) is 4.42 Å². The van der Waals surface area contributed by atoms with Gasteiger partial charge < -0.3 is 15.1 Å². The molecule has 0 saturated carbocycles. The van der Waals surface area contributed by atoms with Crippen LogP contribution in [0.1, 0.15) is 11.5 Å². The SMILES string of the molecule is Cc1ccn(CCNc2c(NCc3ccco3)c(=O)c2=O)n1. The van der Waals surface area contributed by atoms with Crippen LogP contribution in [0.4, 0.5) is 11.4 Å². The molecule has 0 atom stereocenters. The maximum absolute atomic E-state index is 11.6. The second-order valence-electron chi connectivity index (χ2n) is 4.99. The Bertz CT molecular complexity index is 826. The lowest BCUT2D eigenvalue weighted by Crippen LogP contribution is -2.37. The van der Waals surface area contributed by atoms with Crippen molar-refractivity contribution in [2.45, 2.75) is 20.0 Å². The number of furan rings is 1. The lowest BCUT2D eigenvalue weighted by atomic mass is 10.2. The molecule has 0 fully saturated rings. The number of hydrogen-bond donors (Lipinski definition) is 2. The third-order valence-electron chi connectivity index (χ3n) is 3.35. The summed E-state index contributed by atoms with van der Waals surface area (Å²) in [6.07, 6.45) is 3.43. The summed E-state index contributed by atoms with van der Waals surface area (Å²) in [6.45, 7) is 3.41. The Labute approximate surface area is 126 Å². The highest BCUT2D eigenvalue weighted by Gasteiger charge is 2.20. The van der Waals surface area contributed by atoms with Crippen LogP contribution >= 0.6 is 0 Å². The van der Waals surface area contributed by atoms with E-state index in [1.165, 1.54) is 0 Å². The van der Waals surface area contributed by atoms with Gasteiger partial charge in [-0.3, -0.25) is 14.3 Å². The molecule has 2 aromatic heterocycles. The first-order chi connectivity index (χ1) is 10.6. The highest BCUT2D eigenvalue weighted by atomic mass is 16.3. The molecule has 0 bridgehead atoms. The molecule has 3 aromatic rings. The van der Waals surface area contributed by atoms with Crippen molar-refractivity contribution in [1.82, 2.24) is 9.78 Å². The van der Waals surface area contributed by atoms with Gasteiger partial charge in [-0.05, 0) is 25.1 Å². The van der Waals surface area contributed by atoms with Crippen molar-refractivity contribution < 1.29 is 4.42 Å². The minimum absolute atomic E-state index is 0.318. The van der Waals surface area contributed by atoms with Gasteiger partial charge in [0.05, 0.1) is 25.0 Å². The summed E-state index contributed by atoms with van der Waals surface area (Å²) >= 11 is 0. The van der Waals surface area contributed by atoms with E-state index in [2.05, 4.69) is 15.7 Å². The second-order valence-corrected chi connectivity index (χ2v) is 4.99. The smallest absolute Gasteiger partial charge is 0.253 e. The van der Waals surface area contributed by atoms with Crippen LogP contribution in [0.15, 0.2) is 44.7 Å². The first kappa shape index (κ1) is 14.1. The molecule has 7 heteroatoms. The van der Waals surface area contributed by atoms with Gasteiger partial charge in [-0.25, -0.2) is 0 Å². The zero-order valence-corrected chi connectivity index (χ0v) is 12.1. The zero-order chi connectivity index (χ0) is 15.5. The molecule has 2 heterocycles. The van der Waals surface area contributed by atoms with Crippen LogP contribution < -0.4 is 21.5 Å². The van der Waals surface area contributed by atoms with Gasteiger partial charge in [0.15, 0.2) is 0 Å². The first-order valence-electron chi connectivity index (χ1n) is 6.98. The topological polar surface area (TPSA) is 89.2 Å². The van der Waals surface area contributed by atoms with Crippen LogP contribution in [0, 0.1) is 6.92 Å². The van der Waals surface area contributed by atoms with E-state index >= 15 is 0 Å². The molecule has 22 heavy (non-hydrogen) atoms. The predicted molar refractivity (Wildman–Crippen MR) is 82.8 cm³/mol. The molecular weight excluding hydrogens is 284 g/mol. The fourth-order valence-corrected chi connectivity index (χ4v) is 2.20. The van der Waals surface area contributed by atoms with Crippen LogP contribution in [0.3, 0.4) is 0 Å². The summed E-state index contributed by atoms with van der Waals surface area (Å²) in [6, 6.07) is 5.48. The Morgan fingerprint density at radius 1 is 1.18 bits per heavy atom. The monoisotopic (exact) mass is 300 g/mol. The summed E-state index contributed by atoms with van der Waals surface area (Å²) in [5.74, 6) is 0.700. The van der Waals surface area contributed by atoms with Gasteiger partial charge in [-0.1, -0.05) is 0 Å². The molecule has 2 N–H and O–H groups in total. The molecule has 0 aliphatic carbocycles. The maximum Gasteiger partial charge on any atom is 0.253 e. The summed E-state index contributed by atoms with van der Waals surface area (Å²) < 4.78 is 6.96. The fraction of sp³-hybridized carbons (Fsp3) is 0.267. The molecule has 114 valence electrons. The summed E-state index contributed by atoms with van der Waals surface area (Å²) in [7, 11) is 0. The Kier molecular flexibility index (Phi) is 3.78. The summed E-state index contributed by atoms with van der Waals surface area (Å²) in [4.78, 5) is 23.2. The molecule has 0 aliphatic heterocycles. The van der Waals surface area contributed by atoms with Crippen LogP contribution in [0.2, 0.25) is 0 Å². The van der Waals surface area contributed by atoms with E-state index < -0.39 is 10.9 Å². The number of nitrogens with one attached hydrogen (secondary N) is 2. The van der Waals surface area contributed by atoms with Crippen molar-refractivity contribution in [3.63, 3.8) is 0 Å². The number of anilines is 2. The van der Waals surface area contributed by atoms with Gasteiger partial charge in [0, 0.05) is 12.7 Å². The number of aryl methyl sites for hydroxylation is 1. The van der Waals surface area contributed by atoms with E-state index in [9.17, 15) is 9.59 Å². The quantitative estimate of drug-likeness (QED) is 0.635. The molecule has 1 aromatic carbocycles.